The number of carbonyl (C=O) groups is 1. The minimum absolute atomic E-state index is 0.0509. The second-order valence-electron chi connectivity index (χ2n) is 6.18. The van der Waals surface area contributed by atoms with Crippen molar-refractivity contribution in [1.29, 1.82) is 0 Å². The third kappa shape index (κ3) is 4.28. The van der Waals surface area contributed by atoms with Gasteiger partial charge in [0.2, 0.25) is 5.91 Å². The van der Waals surface area contributed by atoms with E-state index in [4.69, 9.17) is 0 Å². The molecule has 0 bridgehead atoms. The zero-order valence-electron chi connectivity index (χ0n) is 14.4. The smallest absolute Gasteiger partial charge is 0.228 e. The SMILES string of the molecule is CCS(=O)(=O)c1ccc(CC(=O)Nc2ccc3c(c2)C(O)CCS3)cc1. The van der Waals surface area contributed by atoms with Gasteiger partial charge in [0, 0.05) is 16.3 Å². The standard InChI is InChI=1S/C19H21NO4S2/c1-2-26(23,24)15-6-3-13(4-7-15)11-19(22)20-14-5-8-18-16(12-14)17(21)9-10-25-18/h3-8,12,17,21H,2,9-11H2,1H3,(H,20,22). The number of aliphatic hydroxyl groups is 1. The number of rotatable bonds is 5. The molecule has 0 aliphatic carbocycles. The summed E-state index contributed by atoms with van der Waals surface area (Å²) in [4.78, 5) is 13.6. The molecule has 3 rings (SSSR count). The average molecular weight is 392 g/mol. The molecule has 0 aromatic heterocycles. The average Bonchev–Trinajstić information content (AvgIpc) is 2.63. The molecule has 5 nitrogen and oxygen atoms in total. The van der Waals surface area contributed by atoms with Gasteiger partial charge in [-0.2, -0.15) is 0 Å². The Labute approximate surface area is 157 Å². The van der Waals surface area contributed by atoms with Crippen LogP contribution in [0.5, 0.6) is 0 Å². The molecule has 26 heavy (non-hydrogen) atoms. The van der Waals surface area contributed by atoms with Crippen molar-refractivity contribution in [2.45, 2.75) is 35.7 Å². The summed E-state index contributed by atoms with van der Waals surface area (Å²) >= 11 is 1.71. The van der Waals surface area contributed by atoms with E-state index in [1.807, 2.05) is 18.2 Å². The molecule has 0 saturated carbocycles. The zero-order valence-corrected chi connectivity index (χ0v) is 16.1. The molecule has 1 heterocycles. The first-order valence-corrected chi connectivity index (χ1v) is 11.1. The second-order valence-corrected chi connectivity index (χ2v) is 9.59. The molecule has 0 spiro atoms. The Kier molecular flexibility index (Phi) is 5.70. The fourth-order valence-corrected chi connectivity index (χ4v) is 4.80. The van der Waals surface area contributed by atoms with Gasteiger partial charge in [-0.05, 0) is 47.9 Å². The number of sulfone groups is 1. The van der Waals surface area contributed by atoms with Crippen LogP contribution in [-0.4, -0.2) is 30.9 Å². The Bertz CT molecular complexity index is 908. The van der Waals surface area contributed by atoms with Crippen molar-refractivity contribution >= 4 is 33.2 Å². The number of aliphatic hydroxyl groups excluding tert-OH is 1. The van der Waals surface area contributed by atoms with Crippen LogP contribution in [0.1, 0.15) is 30.6 Å². The normalized spacial score (nSPS) is 16.8. The Balaban J connectivity index is 1.67. The lowest BCUT2D eigenvalue weighted by Crippen LogP contribution is -2.15. The predicted molar refractivity (Wildman–Crippen MR) is 103 cm³/mol. The van der Waals surface area contributed by atoms with Crippen LogP contribution in [0.15, 0.2) is 52.3 Å². The molecule has 138 valence electrons. The minimum Gasteiger partial charge on any atom is -0.388 e. The van der Waals surface area contributed by atoms with Gasteiger partial charge < -0.3 is 10.4 Å². The van der Waals surface area contributed by atoms with Gasteiger partial charge in [0.05, 0.1) is 23.2 Å². The van der Waals surface area contributed by atoms with E-state index in [9.17, 15) is 18.3 Å². The topological polar surface area (TPSA) is 83.5 Å². The molecule has 0 radical (unpaired) electrons. The van der Waals surface area contributed by atoms with Crippen molar-refractivity contribution in [2.24, 2.45) is 0 Å². The lowest BCUT2D eigenvalue weighted by atomic mass is 10.1. The Morgan fingerprint density at radius 1 is 1.23 bits per heavy atom. The predicted octanol–water partition coefficient (Wildman–Crippen LogP) is 3.19. The van der Waals surface area contributed by atoms with Gasteiger partial charge in [-0.3, -0.25) is 4.79 Å². The van der Waals surface area contributed by atoms with Gasteiger partial charge in [-0.15, -0.1) is 11.8 Å². The van der Waals surface area contributed by atoms with E-state index in [0.717, 1.165) is 21.8 Å². The monoisotopic (exact) mass is 391 g/mol. The maximum Gasteiger partial charge on any atom is 0.228 e. The highest BCUT2D eigenvalue weighted by Gasteiger charge is 2.19. The van der Waals surface area contributed by atoms with E-state index >= 15 is 0 Å². The Hall–Kier alpha value is -1.83. The van der Waals surface area contributed by atoms with E-state index in [1.165, 1.54) is 12.1 Å². The number of hydrogen-bond donors (Lipinski definition) is 2. The van der Waals surface area contributed by atoms with Crippen LogP contribution in [0.3, 0.4) is 0 Å². The fourth-order valence-electron chi connectivity index (χ4n) is 2.83. The minimum atomic E-state index is -3.23. The maximum atomic E-state index is 12.3. The summed E-state index contributed by atoms with van der Waals surface area (Å²) in [6.45, 7) is 1.60. The van der Waals surface area contributed by atoms with E-state index < -0.39 is 15.9 Å². The number of amides is 1. The molecule has 1 aliphatic heterocycles. The Morgan fingerprint density at radius 3 is 2.65 bits per heavy atom. The fraction of sp³-hybridized carbons (Fsp3) is 0.316. The number of carbonyl (C=O) groups excluding carboxylic acids is 1. The molecule has 2 aromatic carbocycles. The Morgan fingerprint density at radius 2 is 1.96 bits per heavy atom. The highest BCUT2D eigenvalue weighted by molar-refractivity contribution is 7.99. The first kappa shape index (κ1) is 18.9. The number of hydrogen-bond acceptors (Lipinski definition) is 5. The summed E-state index contributed by atoms with van der Waals surface area (Å²) in [5, 5.41) is 12.9. The lowest BCUT2D eigenvalue weighted by Gasteiger charge is -2.21. The zero-order chi connectivity index (χ0) is 18.7. The third-order valence-electron chi connectivity index (χ3n) is 4.33. The highest BCUT2D eigenvalue weighted by atomic mass is 32.2. The number of benzene rings is 2. The van der Waals surface area contributed by atoms with Gasteiger partial charge >= 0.3 is 0 Å². The highest BCUT2D eigenvalue weighted by Crippen LogP contribution is 2.37. The molecule has 7 heteroatoms. The molecule has 1 atom stereocenters. The largest absolute Gasteiger partial charge is 0.388 e. The lowest BCUT2D eigenvalue weighted by molar-refractivity contribution is -0.115. The summed E-state index contributed by atoms with van der Waals surface area (Å²) in [6, 6.07) is 12.0. The quantitative estimate of drug-likeness (QED) is 0.818. The van der Waals surface area contributed by atoms with Gasteiger partial charge in [0.25, 0.3) is 0 Å². The van der Waals surface area contributed by atoms with Crippen LogP contribution in [-0.2, 0) is 21.1 Å². The van der Waals surface area contributed by atoms with E-state index in [0.29, 0.717) is 12.1 Å². The first-order valence-electron chi connectivity index (χ1n) is 8.45. The molecule has 1 unspecified atom stereocenters. The summed E-state index contributed by atoms with van der Waals surface area (Å²) in [6.07, 6.45) is 0.374. The van der Waals surface area contributed by atoms with Crippen molar-refractivity contribution in [3.8, 4) is 0 Å². The van der Waals surface area contributed by atoms with Crippen LogP contribution in [0.25, 0.3) is 0 Å². The number of nitrogens with one attached hydrogen (secondary N) is 1. The van der Waals surface area contributed by atoms with Gasteiger partial charge in [0.15, 0.2) is 9.84 Å². The van der Waals surface area contributed by atoms with E-state index in [-0.39, 0.29) is 23.0 Å². The second kappa shape index (κ2) is 7.82. The molecule has 0 saturated heterocycles. The van der Waals surface area contributed by atoms with Gasteiger partial charge in [-0.1, -0.05) is 19.1 Å². The maximum absolute atomic E-state index is 12.3. The van der Waals surface area contributed by atoms with Gasteiger partial charge in [0.1, 0.15) is 0 Å². The van der Waals surface area contributed by atoms with Crippen molar-refractivity contribution < 1.29 is 18.3 Å². The summed E-state index contributed by atoms with van der Waals surface area (Å²) < 4.78 is 23.6. The molecule has 1 aliphatic rings. The number of thioether (sulfide) groups is 1. The van der Waals surface area contributed by atoms with Crippen LogP contribution >= 0.6 is 11.8 Å². The number of anilines is 1. The molecular formula is C19H21NO4S2. The van der Waals surface area contributed by atoms with Gasteiger partial charge in [-0.25, -0.2) is 8.42 Å². The summed E-state index contributed by atoms with van der Waals surface area (Å²) in [5.74, 6) is 0.757. The molecular weight excluding hydrogens is 370 g/mol. The number of fused-ring (bicyclic) bond motifs is 1. The van der Waals surface area contributed by atoms with Crippen LogP contribution < -0.4 is 5.32 Å². The van der Waals surface area contributed by atoms with Crippen LogP contribution in [0, 0.1) is 0 Å². The van der Waals surface area contributed by atoms with E-state index in [1.54, 1.807) is 30.8 Å². The summed E-state index contributed by atoms with van der Waals surface area (Å²) in [5.41, 5.74) is 2.25. The summed E-state index contributed by atoms with van der Waals surface area (Å²) in [7, 11) is -3.23. The van der Waals surface area contributed by atoms with Crippen molar-refractivity contribution in [3.63, 3.8) is 0 Å². The van der Waals surface area contributed by atoms with Crippen LogP contribution in [0.4, 0.5) is 5.69 Å². The third-order valence-corrected chi connectivity index (χ3v) is 7.20. The molecule has 2 aromatic rings. The molecule has 0 fully saturated rings. The van der Waals surface area contributed by atoms with Crippen molar-refractivity contribution in [1.82, 2.24) is 0 Å². The molecule has 2 N–H and O–H groups in total. The molecule has 1 amide bonds. The van der Waals surface area contributed by atoms with Crippen molar-refractivity contribution in [2.75, 3.05) is 16.8 Å². The van der Waals surface area contributed by atoms with Crippen molar-refractivity contribution in [3.05, 3.63) is 53.6 Å². The van der Waals surface area contributed by atoms with E-state index in [2.05, 4.69) is 5.32 Å². The van der Waals surface area contributed by atoms with Crippen LogP contribution in [0.2, 0.25) is 0 Å². The first-order chi connectivity index (χ1) is 12.4.